The second-order valence-electron chi connectivity index (χ2n) is 2.53. The number of thioether (sulfide) groups is 1. The highest BCUT2D eigenvalue weighted by atomic mass is 32.2. The summed E-state index contributed by atoms with van der Waals surface area (Å²) in [5, 5.41) is 12.7. The van der Waals surface area contributed by atoms with E-state index in [0.717, 1.165) is 11.8 Å². The Bertz CT molecular complexity index is 301. The largest absolute Gasteiger partial charge is 0.415 e. The molecule has 0 aliphatic heterocycles. The van der Waals surface area contributed by atoms with Crippen LogP contribution < -0.4 is 0 Å². The van der Waals surface area contributed by atoms with Gasteiger partial charge in [0, 0.05) is 12.8 Å². The third-order valence-electron chi connectivity index (χ3n) is 1.42. The Labute approximate surface area is 82.1 Å². The van der Waals surface area contributed by atoms with Crippen LogP contribution in [0.2, 0.25) is 0 Å². The molecule has 1 heterocycles. The Morgan fingerprint density at radius 2 is 2.29 bits per heavy atom. The molecule has 1 aromatic heterocycles. The molecular formula is C6H8F3N3OS. The molecule has 0 aromatic carbocycles. The molecule has 1 N–H and O–H groups in total. The molecule has 1 aromatic rings. The molecule has 0 bridgehead atoms. The van der Waals surface area contributed by atoms with Gasteiger partial charge in [-0.05, 0) is 0 Å². The summed E-state index contributed by atoms with van der Waals surface area (Å²) in [5.41, 5.74) is 0. The molecule has 4 nitrogen and oxygen atoms in total. The summed E-state index contributed by atoms with van der Waals surface area (Å²) in [7, 11) is 1.56. The average molecular weight is 227 g/mol. The smallest absolute Gasteiger partial charge is 0.383 e. The first-order chi connectivity index (χ1) is 6.41. The molecule has 0 aliphatic carbocycles. The van der Waals surface area contributed by atoms with E-state index >= 15 is 0 Å². The van der Waals surface area contributed by atoms with Crippen molar-refractivity contribution >= 4 is 11.8 Å². The summed E-state index contributed by atoms with van der Waals surface area (Å²) in [6, 6.07) is 0. The zero-order chi connectivity index (χ0) is 10.8. The monoisotopic (exact) mass is 227 g/mol. The topological polar surface area (TPSA) is 50.9 Å². The van der Waals surface area contributed by atoms with E-state index < -0.39 is 18.0 Å². The lowest BCUT2D eigenvalue weighted by Gasteiger charge is -2.12. The Hall–Kier alpha value is -0.760. The molecule has 0 fully saturated rings. The minimum Gasteiger partial charge on any atom is -0.383 e. The predicted molar refractivity (Wildman–Crippen MR) is 43.8 cm³/mol. The summed E-state index contributed by atoms with van der Waals surface area (Å²) in [5.74, 6) is -0.476. The fraction of sp³-hybridized carbons (Fsp3) is 0.667. The zero-order valence-corrected chi connectivity index (χ0v) is 8.01. The quantitative estimate of drug-likeness (QED) is 0.777. The van der Waals surface area contributed by atoms with Crippen LogP contribution in [0.15, 0.2) is 11.5 Å². The molecule has 8 heteroatoms. The first-order valence-electron chi connectivity index (χ1n) is 3.63. The van der Waals surface area contributed by atoms with E-state index in [1.165, 1.54) is 11.0 Å². The van der Waals surface area contributed by atoms with E-state index in [-0.39, 0.29) is 0 Å². The van der Waals surface area contributed by atoms with Gasteiger partial charge in [0.2, 0.25) is 0 Å². The molecule has 1 rings (SSSR count). The predicted octanol–water partition coefficient (Wildman–Crippen LogP) is 0.830. The van der Waals surface area contributed by atoms with Crippen LogP contribution >= 0.6 is 11.8 Å². The molecule has 1 unspecified atom stereocenters. The van der Waals surface area contributed by atoms with Gasteiger partial charge in [-0.15, -0.1) is 0 Å². The number of nitrogens with zero attached hydrogens (tertiary/aromatic N) is 3. The van der Waals surface area contributed by atoms with Crippen molar-refractivity contribution in [2.45, 2.75) is 17.4 Å². The Morgan fingerprint density at radius 1 is 1.64 bits per heavy atom. The maximum Gasteiger partial charge on any atom is 0.415 e. The Kier molecular flexibility index (Phi) is 3.38. The molecule has 0 radical (unpaired) electrons. The summed E-state index contributed by atoms with van der Waals surface area (Å²) < 4.78 is 37.0. The van der Waals surface area contributed by atoms with Crippen LogP contribution in [0.4, 0.5) is 13.2 Å². The van der Waals surface area contributed by atoms with Gasteiger partial charge in [0.25, 0.3) is 0 Å². The Morgan fingerprint density at radius 3 is 2.71 bits per heavy atom. The maximum atomic E-state index is 11.9. The van der Waals surface area contributed by atoms with Gasteiger partial charge in [0.1, 0.15) is 6.33 Å². The van der Waals surface area contributed by atoms with Gasteiger partial charge in [-0.25, -0.2) is 9.67 Å². The molecule has 14 heavy (non-hydrogen) atoms. The van der Waals surface area contributed by atoms with Gasteiger partial charge in [0.15, 0.2) is 11.3 Å². The van der Waals surface area contributed by atoms with Gasteiger partial charge in [-0.2, -0.15) is 18.3 Å². The minimum atomic E-state index is -4.58. The second-order valence-corrected chi connectivity index (χ2v) is 3.52. The standard InChI is InChI=1S/C6H8F3N3OS/c1-12-5(10-3-11-12)14-2-4(13)6(7,8)9/h3-4,13H,2H2,1H3. The van der Waals surface area contributed by atoms with E-state index in [0.29, 0.717) is 5.16 Å². The van der Waals surface area contributed by atoms with E-state index in [2.05, 4.69) is 10.1 Å². The number of rotatable bonds is 3. The van der Waals surface area contributed by atoms with Gasteiger partial charge in [-0.1, -0.05) is 11.8 Å². The van der Waals surface area contributed by atoms with Crippen LogP contribution in [0.5, 0.6) is 0 Å². The molecule has 0 amide bonds. The van der Waals surface area contributed by atoms with E-state index in [1.807, 2.05) is 0 Å². The molecule has 0 spiro atoms. The number of hydrogen-bond acceptors (Lipinski definition) is 4. The van der Waals surface area contributed by atoms with Crippen LogP contribution in [0.25, 0.3) is 0 Å². The molecule has 0 saturated carbocycles. The fourth-order valence-corrected chi connectivity index (χ4v) is 1.52. The third-order valence-corrected chi connectivity index (χ3v) is 2.53. The van der Waals surface area contributed by atoms with E-state index in [4.69, 9.17) is 5.11 Å². The highest BCUT2D eigenvalue weighted by Crippen LogP contribution is 2.25. The van der Waals surface area contributed by atoms with Crippen LogP contribution in [0.3, 0.4) is 0 Å². The van der Waals surface area contributed by atoms with Crippen LogP contribution in [-0.2, 0) is 7.05 Å². The van der Waals surface area contributed by atoms with Crippen molar-refractivity contribution in [3.05, 3.63) is 6.33 Å². The maximum absolute atomic E-state index is 11.9. The van der Waals surface area contributed by atoms with Crippen LogP contribution in [0.1, 0.15) is 0 Å². The van der Waals surface area contributed by atoms with Crippen molar-refractivity contribution in [2.75, 3.05) is 5.75 Å². The number of aliphatic hydroxyl groups excluding tert-OH is 1. The van der Waals surface area contributed by atoms with Gasteiger partial charge >= 0.3 is 6.18 Å². The van der Waals surface area contributed by atoms with Gasteiger partial charge < -0.3 is 5.11 Å². The SMILES string of the molecule is Cn1ncnc1SCC(O)C(F)(F)F. The van der Waals surface area contributed by atoms with Crippen LogP contribution in [0, 0.1) is 0 Å². The summed E-state index contributed by atoms with van der Waals surface area (Å²) in [6.45, 7) is 0. The normalized spacial score (nSPS) is 14.4. The first kappa shape index (κ1) is 11.3. The number of aliphatic hydroxyl groups is 1. The molecule has 0 saturated heterocycles. The summed E-state index contributed by atoms with van der Waals surface area (Å²) >= 11 is 0.808. The van der Waals surface area contributed by atoms with E-state index in [1.54, 1.807) is 7.05 Å². The minimum absolute atomic E-state index is 0.341. The molecule has 0 aliphatic rings. The first-order valence-corrected chi connectivity index (χ1v) is 4.61. The molecular weight excluding hydrogens is 219 g/mol. The number of hydrogen-bond donors (Lipinski definition) is 1. The highest BCUT2D eigenvalue weighted by Gasteiger charge is 2.38. The fourth-order valence-electron chi connectivity index (χ4n) is 0.664. The lowest BCUT2D eigenvalue weighted by Crippen LogP contribution is -2.30. The van der Waals surface area contributed by atoms with E-state index in [9.17, 15) is 13.2 Å². The number of aromatic nitrogens is 3. The summed E-state index contributed by atoms with van der Waals surface area (Å²) in [6.07, 6.45) is -5.67. The molecule has 80 valence electrons. The van der Waals surface area contributed by atoms with Gasteiger partial charge in [0.05, 0.1) is 0 Å². The Balaban J connectivity index is 2.46. The molecule has 1 atom stereocenters. The second kappa shape index (κ2) is 4.18. The van der Waals surface area contributed by atoms with Crippen molar-refractivity contribution in [2.24, 2.45) is 7.05 Å². The van der Waals surface area contributed by atoms with Crippen molar-refractivity contribution in [3.63, 3.8) is 0 Å². The average Bonchev–Trinajstić information content (AvgIpc) is 2.45. The van der Waals surface area contributed by atoms with Crippen molar-refractivity contribution in [1.82, 2.24) is 14.8 Å². The van der Waals surface area contributed by atoms with Crippen molar-refractivity contribution in [1.29, 1.82) is 0 Å². The summed E-state index contributed by atoms with van der Waals surface area (Å²) in [4.78, 5) is 3.71. The third kappa shape index (κ3) is 2.88. The number of halogens is 3. The zero-order valence-electron chi connectivity index (χ0n) is 7.19. The number of aryl methyl sites for hydroxylation is 1. The van der Waals surface area contributed by atoms with Crippen LogP contribution in [-0.4, -0.2) is 37.9 Å². The lowest BCUT2D eigenvalue weighted by molar-refractivity contribution is -0.195. The highest BCUT2D eigenvalue weighted by molar-refractivity contribution is 7.99. The number of alkyl halides is 3. The van der Waals surface area contributed by atoms with Crippen molar-refractivity contribution < 1.29 is 18.3 Å². The lowest BCUT2D eigenvalue weighted by atomic mass is 10.4. The van der Waals surface area contributed by atoms with Crippen molar-refractivity contribution in [3.8, 4) is 0 Å². The van der Waals surface area contributed by atoms with Gasteiger partial charge in [-0.3, -0.25) is 0 Å².